The quantitative estimate of drug-likeness (QED) is 0.252. The third-order valence-electron chi connectivity index (χ3n) is 2.62. The van der Waals surface area contributed by atoms with Crippen LogP contribution in [0.1, 0.15) is 24.6 Å². The van der Waals surface area contributed by atoms with Crippen molar-refractivity contribution >= 4 is 17.6 Å². The molecule has 0 radical (unpaired) electrons. The van der Waals surface area contributed by atoms with Gasteiger partial charge in [0.1, 0.15) is 5.03 Å². The van der Waals surface area contributed by atoms with Gasteiger partial charge in [0.15, 0.2) is 11.0 Å². The van der Waals surface area contributed by atoms with Gasteiger partial charge in [-0.2, -0.15) is 0 Å². The minimum Gasteiger partial charge on any atom is -0.409 e. The predicted octanol–water partition coefficient (Wildman–Crippen LogP) is 1.36. The summed E-state index contributed by atoms with van der Waals surface area (Å²) in [4.78, 5) is 22.8. The van der Waals surface area contributed by atoms with Crippen LogP contribution in [0.2, 0.25) is 0 Å². The second-order valence-electron chi connectivity index (χ2n) is 4.26. The van der Waals surface area contributed by atoms with Crippen LogP contribution < -0.4 is 11.3 Å². The third kappa shape index (κ3) is 4.06. The van der Waals surface area contributed by atoms with Crippen molar-refractivity contribution in [2.24, 2.45) is 10.9 Å². The Labute approximate surface area is 125 Å². The van der Waals surface area contributed by atoms with Crippen LogP contribution in [0.15, 0.2) is 44.5 Å². The molecular weight excluding hydrogens is 290 g/mol. The van der Waals surface area contributed by atoms with Gasteiger partial charge >= 0.3 is 0 Å². The third-order valence-corrected chi connectivity index (χ3v) is 3.46. The molecule has 0 fully saturated rings. The first kappa shape index (κ1) is 15.0. The lowest BCUT2D eigenvalue weighted by atomic mass is 10.2. The van der Waals surface area contributed by atoms with Crippen molar-refractivity contribution in [3.8, 4) is 0 Å². The Morgan fingerprint density at radius 2 is 2.33 bits per heavy atom. The van der Waals surface area contributed by atoms with E-state index in [0.717, 1.165) is 18.5 Å². The number of oxime groups is 1. The number of nitrogens with zero attached hydrogens (tertiary/aromatic N) is 3. The van der Waals surface area contributed by atoms with E-state index in [9.17, 15) is 4.79 Å². The molecule has 0 unspecified atom stereocenters. The molecule has 0 aliphatic heterocycles. The van der Waals surface area contributed by atoms with E-state index in [4.69, 9.17) is 10.9 Å². The van der Waals surface area contributed by atoms with Crippen LogP contribution >= 0.6 is 11.8 Å². The lowest BCUT2D eigenvalue weighted by molar-refractivity contribution is 0.318. The molecule has 2 aromatic heterocycles. The second-order valence-corrected chi connectivity index (χ2v) is 5.27. The van der Waals surface area contributed by atoms with Crippen LogP contribution in [0, 0.1) is 0 Å². The molecule has 0 atom stereocenters. The number of hydrogen-bond donors (Lipinski definition) is 3. The summed E-state index contributed by atoms with van der Waals surface area (Å²) in [6.07, 6.45) is 3.17. The number of pyridine rings is 1. The summed E-state index contributed by atoms with van der Waals surface area (Å²) < 4.78 is 0. The van der Waals surface area contributed by atoms with Crippen LogP contribution in [-0.2, 0) is 6.42 Å². The van der Waals surface area contributed by atoms with Crippen molar-refractivity contribution in [2.45, 2.75) is 29.9 Å². The molecule has 110 valence electrons. The highest BCUT2D eigenvalue weighted by Crippen LogP contribution is 2.21. The van der Waals surface area contributed by atoms with Crippen LogP contribution in [0.5, 0.6) is 0 Å². The van der Waals surface area contributed by atoms with Crippen LogP contribution in [-0.4, -0.2) is 26.0 Å². The molecule has 7 nitrogen and oxygen atoms in total. The first-order valence-electron chi connectivity index (χ1n) is 6.34. The number of rotatable bonds is 5. The largest absolute Gasteiger partial charge is 0.409 e. The van der Waals surface area contributed by atoms with Gasteiger partial charge in [-0.1, -0.05) is 18.5 Å². The maximum atomic E-state index is 11.6. The predicted molar refractivity (Wildman–Crippen MR) is 79.7 cm³/mol. The monoisotopic (exact) mass is 305 g/mol. The Balaban J connectivity index is 2.20. The zero-order chi connectivity index (χ0) is 15.2. The summed E-state index contributed by atoms with van der Waals surface area (Å²) in [6.45, 7) is 2.03. The molecule has 0 aliphatic rings. The molecule has 8 heteroatoms. The highest BCUT2D eigenvalue weighted by molar-refractivity contribution is 7.99. The summed E-state index contributed by atoms with van der Waals surface area (Å²) in [5.74, 6) is -0.00414. The maximum Gasteiger partial charge on any atom is 0.251 e. The Bertz CT molecular complexity index is 696. The number of aryl methyl sites for hydroxylation is 1. The number of H-pyrrole nitrogens is 1. The average molecular weight is 305 g/mol. The Hall–Kier alpha value is -2.35. The van der Waals surface area contributed by atoms with Crippen LogP contribution in [0.4, 0.5) is 0 Å². The van der Waals surface area contributed by atoms with Crippen molar-refractivity contribution in [3.63, 3.8) is 0 Å². The van der Waals surface area contributed by atoms with E-state index in [1.165, 1.54) is 24.0 Å². The molecule has 0 amide bonds. The number of nitrogens with one attached hydrogen (secondary N) is 1. The fourth-order valence-electron chi connectivity index (χ4n) is 1.66. The summed E-state index contributed by atoms with van der Waals surface area (Å²) in [6, 6.07) is 4.89. The minimum atomic E-state index is -0.177. The normalized spacial score (nSPS) is 11.6. The smallest absolute Gasteiger partial charge is 0.251 e. The van der Waals surface area contributed by atoms with Crippen molar-refractivity contribution < 1.29 is 5.21 Å². The molecule has 0 saturated heterocycles. The standard InChI is InChI=1S/C13H15N5O2S/c1-2-3-9-6-10(19)17-13(16-9)21-11-5-4-8(7-15-11)12(14)18-20/h4-7,20H,2-3H2,1H3,(H2,14,18)(H,16,17,19). The van der Waals surface area contributed by atoms with E-state index >= 15 is 0 Å². The zero-order valence-corrected chi connectivity index (χ0v) is 12.2. The number of amidine groups is 1. The van der Waals surface area contributed by atoms with Gasteiger partial charge in [0.05, 0.1) is 0 Å². The topological polar surface area (TPSA) is 117 Å². The van der Waals surface area contributed by atoms with E-state index in [1.54, 1.807) is 12.1 Å². The zero-order valence-electron chi connectivity index (χ0n) is 11.4. The fourth-order valence-corrected chi connectivity index (χ4v) is 2.42. The number of aromatic nitrogens is 3. The Kier molecular flexibility index (Phi) is 4.94. The summed E-state index contributed by atoms with van der Waals surface area (Å²) >= 11 is 1.25. The van der Waals surface area contributed by atoms with Gasteiger partial charge in [-0.25, -0.2) is 9.97 Å². The van der Waals surface area contributed by atoms with Gasteiger partial charge in [0, 0.05) is 23.5 Å². The summed E-state index contributed by atoms with van der Waals surface area (Å²) in [5.41, 5.74) is 6.56. The van der Waals surface area contributed by atoms with Crippen molar-refractivity contribution in [3.05, 3.63) is 46.0 Å². The fraction of sp³-hybridized carbons (Fsp3) is 0.231. The van der Waals surface area contributed by atoms with Gasteiger partial charge in [0.25, 0.3) is 5.56 Å². The van der Waals surface area contributed by atoms with E-state index < -0.39 is 0 Å². The molecule has 0 spiro atoms. The van der Waals surface area contributed by atoms with E-state index in [2.05, 4.69) is 20.1 Å². The molecule has 0 aromatic carbocycles. The molecule has 0 aliphatic carbocycles. The second kappa shape index (κ2) is 6.89. The van der Waals surface area contributed by atoms with Crippen molar-refractivity contribution in [1.29, 1.82) is 0 Å². The molecule has 0 bridgehead atoms. The van der Waals surface area contributed by atoms with Gasteiger partial charge in [-0.15, -0.1) is 0 Å². The SMILES string of the molecule is CCCc1cc(=O)[nH]c(Sc2ccc(/C(N)=N/O)cn2)n1. The molecule has 2 rings (SSSR count). The van der Waals surface area contributed by atoms with Crippen LogP contribution in [0.3, 0.4) is 0 Å². The first-order valence-corrected chi connectivity index (χ1v) is 7.16. The van der Waals surface area contributed by atoms with Crippen molar-refractivity contribution in [2.75, 3.05) is 0 Å². The van der Waals surface area contributed by atoms with Crippen LogP contribution in [0.25, 0.3) is 0 Å². The maximum absolute atomic E-state index is 11.6. The minimum absolute atomic E-state index is 0.00414. The summed E-state index contributed by atoms with van der Waals surface area (Å²) in [5, 5.41) is 12.6. The van der Waals surface area contributed by atoms with Gasteiger partial charge < -0.3 is 15.9 Å². The Morgan fingerprint density at radius 3 is 2.95 bits per heavy atom. The van der Waals surface area contributed by atoms with Gasteiger partial charge in [0.2, 0.25) is 0 Å². The summed E-state index contributed by atoms with van der Waals surface area (Å²) in [7, 11) is 0. The average Bonchev–Trinajstić information content (AvgIpc) is 2.47. The molecule has 0 saturated carbocycles. The van der Waals surface area contributed by atoms with Crippen molar-refractivity contribution in [1.82, 2.24) is 15.0 Å². The lowest BCUT2D eigenvalue weighted by Gasteiger charge is -2.03. The number of hydrogen-bond acceptors (Lipinski definition) is 6. The first-order chi connectivity index (χ1) is 10.1. The molecule has 21 heavy (non-hydrogen) atoms. The van der Waals surface area contributed by atoms with E-state index in [0.29, 0.717) is 15.7 Å². The number of nitrogens with two attached hydrogens (primary N) is 1. The van der Waals surface area contributed by atoms with E-state index in [-0.39, 0.29) is 11.4 Å². The highest BCUT2D eigenvalue weighted by atomic mass is 32.2. The highest BCUT2D eigenvalue weighted by Gasteiger charge is 2.06. The molecule has 2 aromatic rings. The Morgan fingerprint density at radius 1 is 1.52 bits per heavy atom. The lowest BCUT2D eigenvalue weighted by Crippen LogP contribution is -2.13. The van der Waals surface area contributed by atoms with Gasteiger partial charge in [-0.3, -0.25) is 4.79 Å². The molecule has 2 heterocycles. The number of aromatic amines is 1. The molecular formula is C13H15N5O2S. The van der Waals surface area contributed by atoms with E-state index in [1.807, 2.05) is 6.92 Å². The molecule has 4 N–H and O–H groups in total. The van der Waals surface area contributed by atoms with Gasteiger partial charge in [-0.05, 0) is 30.3 Å².